The van der Waals surface area contributed by atoms with Gasteiger partial charge in [-0.05, 0) is 30.2 Å². The summed E-state index contributed by atoms with van der Waals surface area (Å²) in [7, 11) is 1.49. The fourth-order valence-electron chi connectivity index (χ4n) is 3.21. The summed E-state index contributed by atoms with van der Waals surface area (Å²) in [5, 5.41) is 14.9. The van der Waals surface area contributed by atoms with Crippen molar-refractivity contribution in [3.63, 3.8) is 0 Å². The lowest BCUT2D eigenvalue weighted by Crippen LogP contribution is -2.34. The number of ether oxygens (including phenoxy) is 1. The Balaban J connectivity index is 1.71. The largest absolute Gasteiger partial charge is 0.495 e. The first-order chi connectivity index (χ1) is 14.0. The summed E-state index contributed by atoms with van der Waals surface area (Å²) < 4.78 is 5.31. The highest BCUT2D eigenvalue weighted by atomic mass is 16.5. The van der Waals surface area contributed by atoms with E-state index in [4.69, 9.17) is 4.74 Å². The molecule has 8 nitrogen and oxygen atoms in total. The molecule has 1 aliphatic heterocycles. The Morgan fingerprint density at radius 2 is 2.00 bits per heavy atom. The number of carbonyl (C=O) groups excluding carboxylic acids is 2. The van der Waals surface area contributed by atoms with Crippen molar-refractivity contribution < 1.29 is 24.2 Å². The molecule has 1 unspecified atom stereocenters. The molecular weight excluding hydrogens is 374 g/mol. The van der Waals surface area contributed by atoms with Gasteiger partial charge in [-0.15, -0.1) is 0 Å². The molecule has 1 fully saturated rings. The quantitative estimate of drug-likeness (QED) is 0.631. The number of methoxy groups -OCH3 is 1. The van der Waals surface area contributed by atoms with Gasteiger partial charge in [-0.3, -0.25) is 14.5 Å². The molecule has 29 heavy (non-hydrogen) atoms. The molecule has 3 amide bonds. The summed E-state index contributed by atoms with van der Waals surface area (Å²) in [6, 6.07) is 13.8. The number of amides is 3. The smallest absolute Gasteiger partial charge is 0.322 e. The summed E-state index contributed by atoms with van der Waals surface area (Å²) in [5.74, 6) is -1.65. The third-order valence-electron chi connectivity index (χ3n) is 4.77. The Morgan fingerprint density at radius 1 is 1.24 bits per heavy atom. The lowest BCUT2D eigenvalue weighted by Gasteiger charge is -2.19. The van der Waals surface area contributed by atoms with E-state index in [0.717, 1.165) is 5.56 Å². The molecule has 152 valence electrons. The second-order valence-electron chi connectivity index (χ2n) is 6.71. The second kappa shape index (κ2) is 9.09. The minimum Gasteiger partial charge on any atom is -0.495 e. The number of rotatable bonds is 8. The van der Waals surface area contributed by atoms with Gasteiger partial charge in [-0.25, -0.2) is 4.79 Å². The van der Waals surface area contributed by atoms with Crippen molar-refractivity contribution in [2.24, 2.45) is 5.92 Å². The molecule has 0 aromatic heterocycles. The van der Waals surface area contributed by atoms with Crippen LogP contribution in [0.25, 0.3) is 0 Å². The third kappa shape index (κ3) is 4.84. The van der Waals surface area contributed by atoms with Crippen LogP contribution in [0.2, 0.25) is 0 Å². The molecule has 0 saturated carbocycles. The van der Waals surface area contributed by atoms with Gasteiger partial charge in [0.05, 0.1) is 18.7 Å². The number of anilines is 1. The predicted molar refractivity (Wildman–Crippen MR) is 107 cm³/mol. The minimum atomic E-state index is -0.974. The molecule has 1 saturated heterocycles. The number of urea groups is 1. The van der Waals surface area contributed by atoms with Crippen molar-refractivity contribution in [2.45, 2.75) is 6.42 Å². The normalized spacial score (nSPS) is 14.2. The fraction of sp³-hybridized carbons (Fsp3) is 0.286. The summed E-state index contributed by atoms with van der Waals surface area (Å²) in [6.45, 7) is 0.977. The van der Waals surface area contributed by atoms with Crippen LogP contribution in [0, 0.1) is 5.92 Å². The van der Waals surface area contributed by atoms with E-state index in [1.807, 2.05) is 30.3 Å². The summed E-state index contributed by atoms with van der Waals surface area (Å²) >= 11 is 0. The molecule has 0 aliphatic carbocycles. The number of carbonyl (C=O) groups is 3. The zero-order chi connectivity index (χ0) is 20.8. The fourth-order valence-corrected chi connectivity index (χ4v) is 3.21. The van der Waals surface area contributed by atoms with E-state index in [-0.39, 0.29) is 12.6 Å². The molecule has 2 aromatic carbocycles. The maximum atomic E-state index is 12.6. The zero-order valence-corrected chi connectivity index (χ0v) is 16.1. The lowest BCUT2D eigenvalue weighted by atomic mass is 9.99. The number of benzene rings is 2. The number of hydrogen-bond acceptors (Lipinski definition) is 4. The summed E-state index contributed by atoms with van der Waals surface area (Å²) in [5.41, 5.74) is 1.71. The monoisotopic (exact) mass is 397 g/mol. The van der Waals surface area contributed by atoms with E-state index >= 15 is 0 Å². The van der Waals surface area contributed by atoms with Crippen LogP contribution in [-0.2, 0) is 11.2 Å². The van der Waals surface area contributed by atoms with Crippen LogP contribution in [0.1, 0.15) is 15.9 Å². The van der Waals surface area contributed by atoms with Crippen LogP contribution < -0.4 is 20.3 Å². The average molecular weight is 397 g/mol. The number of carboxylic acids is 1. The zero-order valence-electron chi connectivity index (χ0n) is 16.1. The molecule has 1 aliphatic rings. The van der Waals surface area contributed by atoms with E-state index in [0.29, 0.717) is 36.5 Å². The van der Waals surface area contributed by atoms with E-state index < -0.39 is 17.8 Å². The van der Waals surface area contributed by atoms with E-state index in [1.165, 1.54) is 12.0 Å². The van der Waals surface area contributed by atoms with Crippen molar-refractivity contribution in [1.82, 2.24) is 10.6 Å². The van der Waals surface area contributed by atoms with Crippen LogP contribution in [-0.4, -0.2) is 49.8 Å². The number of hydrogen-bond donors (Lipinski definition) is 3. The average Bonchev–Trinajstić information content (AvgIpc) is 3.16. The molecular formula is C21H23N3O5. The maximum absolute atomic E-state index is 12.6. The van der Waals surface area contributed by atoms with Crippen molar-refractivity contribution in [1.29, 1.82) is 0 Å². The maximum Gasteiger partial charge on any atom is 0.322 e. The Labute approximate surface area is 168 Å². The van der Waals surface area contributed by atoms with E-state index in [1.54, 1.807) is 18.2 Å². The highest BCUT2D eigenvalue weighted by molar-refractivity contribution is 6.00. The van der Waals surface area contributed by atoms with Gasteiger partial charge in [0.15, 0.2) is 0 Å². The van der Waals surface area contributed by atoms with Crippen LogP contribution in [0.3, 0.4) is 0 Å². The lowest BCUT2D eigenvalue weighted by molar-refractivity contribution is -0.141. The van der Waals surface area contributed by atoms with Crippen LogP contribution in [0.15, 0.2) is 48.5 Å². The van der Waals surface area contributed by atoms with Gasteiger partial charge in [0.1, 0.15) is 5.75 Å². The summed E-state index contributed by atoms with van der Waals surface area (Å²) in [6.07, 6.45) is 0.318. The van der Waals surface area contributed by atoms with Gasteiger partial charge in [-0.1, -0.05) is 30.3 Å². The van der Waals surface area contributed by atoms with Gasteiger partial charge in [0.2, 0.25) is 0 Å². The van der Waals surface area contributed by atoms with E-state index in [9.17, 15) is 19.5 Å². The van der Waals surface area contributed by atoms with Crippen molar-refractivity contribution in [2.75, 3.05) is 31.6 Å². The highest BCUT2D eigenvalue weighted by Crippen LogP contribution is 2.30. The molecule has 0 bridgehead atoms. The Kier molecular flexibility index (Phi) is 6.33. The van der Waals surface area contributed by atoms with Gasteiger partial charge in [0.25, 0.3) is 5.91 Å². The van der Waals surface area contributed by atoms with Crippen LogP contribution >= 0.6 is 0 Å². The van der Waals surface area contributed by atoms with Crippen molar-refractivity contribution >= 4 is 23.6 Å². The SMILES string of the molecule is COc1ccc(C(=O)NCC(Cc2ccccc2)C(=O)O)cc1N1CCNC1=O. The first-order valence-electron chi connectivity index (χ1n) is 9.28. The van der Waals surface area contributed by atoms with Crippen LogP contribution in [0.5, 0.6) is 5.75 Å². The minimum absolute atomic E-state index is 0.00533. The predicted octanol–water partition coefficient (Wildman–Crippen LogP) is 1.90. The third-order valence-corrected chi connectivity index (χ3v) is 4.77. The van der Waals surface area contributed by atoms with Gasteiger partial charge >= 0.3 is 12.0 Å². The van der Waals surface area contributed by atoms with Gasteiger partial charge in [-0.2, -0.15) is 0 Å². The topological polar surface area (TPSA) is 108 Å². The number of aliphatic carboxylic acids is 1. The van der Waals surface area contributed by atoms with Crippen molar-refractivity contribution in [3.8, 4) is 5.75 Å². The second-order valence-corrected chi connectivity index (χ2v) is 6.71. The molecule has 1 atom stereocenters. The van der Waals surface area contributed by atoms with Crippen molar-refractivity contribution in [3.05, 3.63) is 59.7 Å². The molecule has 0 radical (unpaired) electrons. The molecule has 0 spiro atoms. The molecule has 8 heteroatoms. The first kappa shape index (κ1) is 20.2. The Bertz CT molecular complexity index is 900. The Morgan fingerprint density at radius 3 is 2.62 bits per heavy atom. The molecule has 2 aromatic rings. The number of nitrogens with one attached hydrogen (secondary N) is 2. The summed E-state index contributed by atoms with van der Waals surface area (Å²) in [4.78, 5) is 37.7. The van der Waals surface area contributed by atoms with Gasteiger partial charge < -0.3 is 20.5 Å². The Hall–Kier alpha value is -3.55. The molecule has 3 rings (SSSR count). The van der Waals surface area contributed by atoms with E-state index in [2.05, 4.69) is 10.6 Å². The van der Waals surface area contributed by atoms with Crippen LogP contribution in [0.4, 0.5) is 10.5 Å². The van der Waals surface area contributed by atoms with Gasteiger partial charge in [0, 0.05) is 25.2 Å². The highest BCUT2D eigenvalue weighted by Gasteiger charge is 2.25. The molecule has 3 N–H and O–H groups in total. The first-order valence-corrected chi connectivity index (χ1v) is 9.28. The number of carboxylic acid groups (broad SMARTS) is 1. The molecule has 1 heterocycles. The standard InChI is InChI=1S/C21H23N3O5/c1-29-18-8-7-15(12-17(18)24-10-9-22-21(24)28)19(25)23-13-16(20(26)27)11-14-5-3-2-4-6-14/h2-8,12,16H,9-11,13H2,1H3,(H,22,28)(H,23,25)(H,26,27). The number of nitrogens with zero attached hydrogens (tertiary/aromatic N) is 1.